The molecule has 2 rings (SSSR count). The number of hydrogen-bond donors (Lipinski definition) is 1. The van der Waals surface area contributed by atoms with Gasteiger partial charge in [-0.25, -0.2) is 0 Å². The first kappa shape index (κ1) is 11.1. The van der Waals surface area contributed by atoms with Gasteiger partial charge in [0.05, 0.1) is 11.3 Å². The van der Waals surface area contributed by atoms with Crippen LogP contribution in [0.1, 0.15) is 5.56 Å². The highest BCUT2D eigenvalue weighted by atomic mass is 16.6. The molecule has 0 radical (unpaired) electrons. The molecule has 0 amide bonds. The van der Waals surface area contributed by atoms with Crippen LogP contribution in [0.25, 0.3) is 0 Å². The van der Waals surface area contributed by atoms with Crippen LogP contribution in [0, 0.1) is 10.1 Å². The maximum absolute atomic E-state index is 10.4. The van der Waals surface area contributed by atoms with E-state index < -0.39 is 11.2 Å². The van der Waals surface area contributed by atoms with E-state index in [1.54, 1.807) is 12.1 Å². The summed E-state index contributed by atoms with van der Waals surface area (Å²) in [6.45, 7) is 0. The molecule has 0 spiro atoms. The topological polar surface area (TPSA) is 93.8 Å². The number of carbonyl (C=O) groups is 1. The van der Waals surface area contributed by atoms with Crippen LogP contribution < -0.4 is 5.43 Å². The van der Waals surface area contributed by atoms with Gasteiger partial charge in [0.1, 0.15) is 0 Å². The molecule has 1 aromatic carbocycles. The van der Waals surface area contributed by atoms with Crippen LogP contribution in [0.5, 0.6) is 0 Å². The molecule has 1 aliphatic rings. The van der Waals surface area contributed by atoms with Gasteiger partial charge >= 0.3 is 0 Å². The highest BCUT2D eigenvalue weighted by Gasteiger charge is 2.18. The quantitative estimate of drug-likeness (QED) is 0.468. The second-order valence-corrected chi connectivity index (χ2v) is 3.41. The van der Waals surface area contributed by atoms with Gasteiger partial charge in [-0.15, -0.1) is 5.10 Å². The number of nitrogens with zero attached hydrogens (tertiary/aromatic N) is 2. The van der Waals surface area contributed by atoms with Gasteiger partial charge in [-0.05, 0) is 5.56 Å². The third-order valence-corrected chi connectivity index (χ3v) is 2.21. The van der Waals surface area contributed by atoms with Crippen molar-refractivity contribution in [2.45, 2.75) is 12.6 Å². The number of rotatable bonds is 4. The van der Waals surface area contributed by atoms with E-state index in [2.05, 4.69) is 10.5 Å². The molecule has 0 aromatic heterocycles. The van der Waals surface area contributed by atoms with E-state index in [-0.39, 0.29) is 5.69 Å². The van der Waals surface area contributed by atoms with Crippen LogP contribution in [0.3, 0.4) is 0 Å². The van der Waals surface area contributed by atoms with Crippen molar-refractivity contribution in [1.29, 1.82) is 0 Å². The Labute approximate surface area is 96.2 Å². The molecule has 1 atom stereocenters. The number of ether oxygens (including phenoxy) is 1. The number of carbonyl (C=O) groups excluding carboxylic acids is 1. The molecule has 0 saturated carbocycles. The average Bonchev–Trinajstić information content (AvgIpc) is 2.77. The van der Waals surface area contributed by atoms with Crippen molar-refractivity contribution >= 4 is 17.9 Å². The number of benzene rings is 1. The Balaban J connectivity index is 2.00. The zero-order valence-corrected chi connectivity index (χ0v) is 8.70. The Hall–Kier alpha value is -2.44. The van der Waals surface area contributed by atoms with Gasteiger partial charge in [0.2, 0.25) is 12.1 Å². The molecule has 0 saturated heterocycles. The lowest BCUT2D eigenvalue weighted by atomic mass is 10.1. The van der Waals surface area contributed by atoms with E-state index in [1.807, 2.05) is 0 Å². The van der Waals surface area contributed by atoms with E-state index >= 15 is 0 Å². The maximum atomic E-state index is 10.4. The highest BCUT2D eigenvalue weighted by Crippen LogP contribution is 2.13. The maximum Gasteiger partial charge on any atom is 0.269 e. The number of aldehydes is 1. The molecule has 1 unspecified atom stereocenters. The lowest BCUT2D eigenvalue weighted by Crippen LogP contribution is -2.23. The van der Waals surface area contributed by atoms with E-state index in [9.17, 15) is 14.9 Å². The Morgan fingerprint density at radius 1 is 1.47 bits per heavy atom. The standard InChI is InChI=1S/C10H9N3O4/c14-6-10-12-11-9(17-10)5-7-1-3-8(4-2-7)13(15)16/h1-4,6,10,12H,5H2. The second-order valence-electron chi connectivity index (χ2n) is 3.41. The monoisotopic (exact) mass is 235 g/mol. The lowest BCUT2D eigenvalue weighted by molar-refractivity contribution is -0.384. The van der Waals surface area contributed by atoms with Crippen molar-refractivity contribution in [3.63, 3.8) is 0 Å². The summed E-state index contributed by atoms with van der Waals surface area (Å²) in [5.74, 6) is 0.385. The number of hydrazone groups is 1. The predicted molar refractivity (Wildman–Crippen MR) is 58.3 cm³/mol. The third-order valence-electron chi connectivity index (χ3n) is 2.21. The third kappa shape index (κ3) is 2.57. The van der Waals surface area contributed by atoms with Gasteiger partial charge in [-0.1, -0.05) is 12.1 Å². The average molecular weight is 235 g/mol. The first-order chi connectivity index (χ1) is 8.19. The summed E-state index contributed by atoms with van der Waals surface area (Å²) in [7, 11) is 0. The number of hydrogen-bond acceptors (Lipinski definition) is 6. The molecule has 1 heterocycles. The molecular weight excluding hydrogens is 226 g/mol. The Morgan fingerprint density at radius 2 is 2.18 bits per heavy atom. The summed E-state index contributed by atoms with van der Waals surface area (Å²) in [4.78, 5) is 20.4. The Kier molecular flexibility index (Phi) is 2.99. The fourth-order valence-electron chi connectivity index (χ4n) is 1.38. The fraction of sp³-hybridized carbons (Fsp3) is 0.200. The minimum absolute atomic E-state index is 0.0342. The first-order valence-corrected chi connectivity index (χ1v) is 4.86. The number of nitrogens with one attached hydrogen (secondary N) is 1. The van der Waals surface area contributed by atoms with Crippen molar-refractivity contribution < 1.29 is 14.5 Å². The van der Waals surface area contributed by atoms with Crippen molar-refractivity contribution in [2.24, 2.45) is 5.10 Å². The molecule has 0 fully saturated rings. The molecular formula is C10H9N3O4. The van der Waals surface area contributed by atoms with E-state index in [0.29, 0.717) is 18.6 Å². The SMILES string of the molecule is O=CC1NN=C(Cc2ccc([N+](=O)[O-])cc2)O1. The van der Waals surface area contributed by atoms with Gasteiger partial charge in [0.15, 0.2) is 6.29 Å². The summed E-state index contributed by atoms with van der Waals surface area (Å²) >= 11 is 0. The smallest absolute Gasteiger partial charge is 0.269 e. The fourth-order valence-corrected chi connectivity index (χ4v) is 1.38. The largest absolute Gasteiger partial charge is 0.447 e. The summed E-state index contributed by atoms with van der Waals surface area (Å²) < 4.78 is 5.13. The lowest BCUT2D eigenvalue weighted by Gasteiger charge is -2.03. The number of nitro benzene ring substituents is 1. The summed E-state index contributed by atoms with van der Waals surface area (Å²) in [5, 5.41) is 14.3. The minimum Gasteiger partial charge on any atom is -0.447 e. The van der Waals surface area contributed by atoms with Crippen LogP contribution in [-0.4, -0.2) is 23.3 Å². The minimum atomic E-state index is -0.733. The van der Waals surface area contributed by atoms with Crippen molar-refractivity contribution in [2.75, 3.05) is 0 Å². The second kappa shape index (κ2) is 4.60. The Bertz CT molecular complexity index is 469. The van der Waals surface area contributed by atoms with E-state index in [4.69, 9.17) is 4.74 Å². The first-order valence-electron chi connectivity index (χ1n) is 4.86. The zero-order valence-electron chi connectivity index (χ0n) is 8.70. The number of non-ortho nitro benzene ring substituents is 1. The number of nitro groups is 1. The summed E-state index contributed by atoms with van der Waals surface area (Å²) in [5.41, 5.74) is 3.35. The summed E-state index contributed by atoms with van der Waals surface area (Å²) in [6, 6.07) is 6.07. The molecule has 7 nitrogen and oxygen atoms in total. The molecule has 17 heavy (non-hydrogen) atoms. The van der Waals surface area contributed by atoms with E-state index in [0.717, 1.165) is 5.56 Å². The molecule has 1 aliphatic heterocycles. The zero-order chi connectivity index (χ0) is 12.3. The van der Waals surface area contributed by atoms with Crippen molar-refractivity contribution in [3.8, 4) is 0 Å². The van der Waals surface area contributed by atoms with E-state index in [1.165, 1.54) is 12.1 Å². The molecule has 0 bridgehead atoms. The highest BCUT2D eigenvalue weighted by molar-refractivity contribution is 5.82. The summed E-state index contributed by atoms with van der Waals surface area (Å²) in [6.07, 6.45) is 0.254. The molecule has 1 aromatic rings. The van der Waals surface area contributed by atoms with Crippen LogP contribution >= 0.6 is 0 Å². The van der Waals surface area contributed by atoms with Crippen LogP contribution in [0.15, 0.2) is 29.4 Å². The van der Waals surface area contributed by atoms with Gasteiger partial charge < -0.3 is 4.74 Å². The van der Waals surface area contributed by atoms with Crippen LogP contribution in [0.4, 0.5) is 5.69 Å². The molecule has 88 valence electrons. The van der Waals surface area contributed by atoms with Crippen molar-refractivity contribution in [1.82, 2.24) is 5.43 Å². The van der Waals surface area contributed by atoms with Crippen molar-refractivity contribution in [3.05, 3.63) is 39.9 Å². The van der Waals surface area contributed by atoms with Crippen LogP contribution in [-0.2, 0) is 16.0 Å². The van der Waals surface area contributed by atoms with Gasteiger partial charge in [0, 0.05) is 12.1 Å². The molecule has 1 N–H and O–H groups in total. The molecule has 0 aliphatic carbocycles. The van der Waals surface area contributed by atoms with Gasteiger partial charge in [-0.2, -0.15) is 0 Å². The van der Waals surface area contributed by atoms with Crippen LogP contribution in [0.2, 0.25) is 0 Å². The Morgan fingerprint density at radius 3 is 2.71 bits per heavy atom. The molecule has 7 heteroatoms. The normalized spacial score (nSPS) is 17.9. The van der Waals surface area contributed by atoms with Gasteiger partial charge in [-0.3, -0.25) is 20.3 Å². The van der Waals surface area contributed by atoms with Gasteiger partial charge in [0.25, 0.3) is 5.69 Å². The predicted octanol–water partition coefficient (Wildman–Crippen LogP) is 0.596.